The van der Waals surface area contributed by atoms with E-state index in [1.807, 2.05) is 60.8 Å². The van der Waals surface area contributed by atoms with E-state index < -0.39 is 18.1 Å². The van der Waals surface area contributed by atoms with Crippen LogP contribution in [-0.2, 0) is 22.4 Å². The summed E-state index contributed by atoms with van der Waals surface area (Å²) >= 11 is 5.71. The molecule has 4 rings (SSSR count). The molecule has 0 bridgehead atoms. The summed E-state index contributed by atoms with van der Waals surface area (Å²) in [6.45, 7) is 4.70. The Balaban J connectivity index is 1.44. The van der Waals surface area contributed by atoms with Gasteiger partial charge in [-0.1, -0.05) is 74.6 Å². The van der Waals surface area contributed by atoms with E-state index in [0.29, 0.717) is 36.7 Å². The topological polar surface area (TPSA) is 103 Å². The summed E-state index contributed by atoms with van der Waals surface area (Å²) in [7, 11) is 6.26. The Hall–Kier alpha value is -3.17. The second kappa shape index (κ2) is 13.3. The van der Waals surface area contributed by atoms with Crippen LogP contribution in [0.25, 0.3) is 10.9 Å². The zero-order chi connectivity index (χ0) is 27.9. The molecule has 7 nitrogen and oxygen atoms in total. The van der Waals surface area contributed by atoms with E-state index in [4.69, 9.17) is 25.8 Å². The summed E-state index contributed by atoms with van der Waals surface area (Å²) in [5.74, 6) is -0.330. The van der Waals surface area contributed by atoms with Crippen LogP contribution in [0.3, 0.4) is 0 Å². The number of fused-ring (bicyclic) bond motifs is 1. The number of rotatable bonds is 11. The molecule has 0 aliphatic carbocycles. The van der Waals surface area contributed by atoms with E-state index in [1.54, 1.807) is 4.90 Å². The summed E-state index contributed by atoms with van der Waals surface area (Å²) in [6, 6.07) is 16.0. The van der Waals surface area contributed by atoms with Crippen molar-refractivity contribution in [3.63, 3.8) is 0 Å². The van der Waals surface area contributed by atoms with Crippen LogP contribution in [0, 0.1) is 5.92 Å². The molecule has 2 radical (unpaired) electrons. The summed E-state index contributed by atoms with van der Waals surface area (Å²) in [6.07, 6.45) is 4.90. The maximum absolute atomic E-state index is 13.6. The van der Waals surface area contributed by atoms with E-state index in [-0.39, 0.29) is 17.8 Å². The molecule has 9 heteroatoms. The number of carbonyl (C=O) groups is 2. The molecule has 2 aromatic carbocycles. The fraction of sp³-hybridized carbons (Fsp3) is 0.433. The van der Waals surface area contributed by atoms with Gasteiger partial charge in [-0.25, -0.2) is 0 Å². The van der Waals surface area contributed by atoms with Crippen molar-refractivity contribution in [1.82, 2.24) is 20.5 Å². The number of likely N-dealkylation sites (tertiary alicyclic amines) is 1. The maximum atomic E-state index is 13.6. The molecule has 0 saturated carbocycles. The summed E-state index contributed by atoms with van der Waals surface area (Å²) in [4.78, 5) is 32.4. The molecule has 4 atom stereocenters. The molecule has 2 heterocycles. The van der Waals surface area contributed by atoms with Gasteiger partial charge in [0.15, 0.2) is 0 Å². The van der Waals surface area contributed by atoms with Crippen LogP contribution in [0.5, 0.6) is 0 Å². The molecule has 0 spiro atoms. The summed E-state index contributed by atoms with van der Waals surface area (Å²) in [5.41, 5.74) is 9.45. The van der Waals surface area contributed by atoms with Crippen LogP contribution in [0.2, 0.25) is 0 Å². The normalized spacial score (nSPS) is 17.6. The molecule has 1 aliphatic heterocycles. The van der Waals surface area contributed by atoms with Gasteiger partial charge in [0.1, 0.15) is 6.04 Å². The zero-order valence-corrected chi connectivity index (χ0v) is 23.5. The van der Waals surface area contributed by atoms with E-state index in [1.165, 1.54) is 0 Å². The van der Waals surface area contributed by atoms with Crippen LogP contribution >= 0.6 is 12.2 Å². The number of nitrogens with zero attached hydrogens (tertiary/aromatic N) is 1. The Morgan fingerprint density at radius 1 is 1.10 bits per heavy atom. The van der Waals surface area contributed by atoms with Crippen molar-refractivity contribution >= 4 is 47.8 Å². The van der Waals surface area contributed by atoms with Crippen molar-refractivity contribution in [3.05, 3.63) is 71.9 Å². The van der Waals surface area contributed by atoms with Crippen molar-refractivity contribution in [2.24, 2.45) is 11.7 Å². The minimum atomic E-state index is -0.741. The standard InChI is InChI=1S/C30H38BN5O2S/c1-19(2)15-27(31)35-29(39)25(16-20-9-4-3-5-10-20)34-28(37)26-13-8-14-36(26)30(38)23(32)17-21-18-33-24-12-7-6-11-22(21)24/h3-7,9-12,18-19,23,25-27,33H,8,13-17,32H2,1-2H3,(H,34,37)(H,35,39)/t23-,25-,26-,27-/m0/s1. The number of nitrogens with one attached hydrogen (secondary N) is 3. The number of amides is 2. The maximum Gasteiger partial charge on any atom is 0.243 e. The Morgan fingerprint density at radius 3 is 2.56 bits per heavy atom. The monoisotopic (exact) mass is 543 g/mol. The number of aromatic amines is 1. The van der Waals surface area contributed by atoms with Gasteiger partial charge < -0.3 is 26.3 Å². The van der Waals surface area contributed by atoms with Gasteiger partial charge in [0.25, 0.3) is 0 Å². The Kier molecular flexibility index (Phi) is 9.81. The number of para-hydroxylation sites is 1. The first kappa shape index (κ1) is 28.8. The number of hydrogen-bond donors (Lipinski definition) is 4. The quantitative estimate of drug-likeness (QED) is 0.220. The first-order valence-corrected chi connectivity index (χ1v) is 14.1. The van der Waals surface area contributed by atoms with Gasteiger partial charge in [0.05, 0.1) is 24.9 Å². The Morgan fingerprint density at radius 2 is 1.82 bits per heavy atom. The number of aromatic nitrogens is 1. The molecule has 5 N–H and O–H groups in total. The van der Waals surface area contributed by atoms with Crippen molar-refractivity contribution < 1.29 is 9.59 Å². The van der Waals surface area contributed by atoms with Gasteiger partial charge >= 0.3 is 0 Å². The van der Waals surface area contributed by atoms with Crippen molar-refractivity contribution in [3.8, 4) is 0 Å². The second-order valence-corrected chi connectivity index (χ2v) is 11.3. The third-order valence-electron chi connectivity index (χ3n) is 7.24. The SMILES string of the molecule is [B][C@H](CC(C)C)NC(=S)[C@H](Cc1ccccc1)NC(=O)[C@@H]1CCCN1C(=O)[C@@H](N)Cc1c[nH]c2ccccc12. The first-order chi connectivity index (χ1) is 18.7. The molecular weight excluding hydrogens is 505 g/mol. The highest BCUT2D eigenvalue weighted by Crippen LogP contribution is 2.22. The third-order valence-corrected chi connectivity index (χ3v) is 7.64. The fourth-order valence-electron chi connectivity index (χ4n) is 5.32. The minimum Gasteiger partial charge on any atom is -0.384 e. The number of thiocarbonyl (C=S) groups is 1. The summed E-state index contributed by atoms with van der Waals surface area (Å²) < 4.78 is 0. The van der Waals surface area contributed by atoms with Gasteiger partial charge in [-0.15, -0.1) is 0 Å². The van der Waals surface area contributed by atoms with Crippen LogP contribution < -0.4 is 16.4 Å². The number of nitrogens with two attached hydrogens (primary N) is 1. The Labute approximate surface area is 237 Å². The number of benzene rings is 2. The number of hydrogen-bond acceptors (Lipinski definition) is 4. The molecule has 1 aromatic heterocycles. The van der Waals surface area contributed by atoms with Gasteiger partial charge in [0.2, 0.25) is 11.8 Å². The minimum absolute atomic E-state index is 0.211. The lowest BCUT2D eigenvalue weighted by Gasteiger charge is -2.30. The average Bonchev–Trinajstić information content (AvgIpc) is 3.56. The van der Waals surface area contributed by atoms with Crippen LogP contribution in [0.15, 0.2) is 60.8 Å². The molecule has 0 unspecified atom stereocenters. The van der Waals surface area contributed by atoms with Gasteiger partial charge in [-0.2, -0.15) is 0 Å². The smallest absolute Gasteiger partial charge is 0.243 e. The van der Waals surface area contributed by atoms with E-state index >= 15 is 0 Å². The predicted octanol–water partition coefficient (Wildman–Crippen LogP) is 3.21. The highest BCUT2D eigenvalue weighted by Gasteiger charge is 2.37. The zero-order valence-electron chi connectivity index (χ0n) is 22.7. The van der Waals surface area contributed by atoms with Crippen molar-refractivity contribution in [2.45, 2.75) is 70.0 Å². The van der Waals surface area contributed by atoms with Gasteiger partial charge in [-0.3, -0.25) is 9.59 Å². The second-order valence-electron chi connectivity index (χ2n) is 10.9. The van der Waals surface area contributed by atoms with E-state index in [9.17, 15) is 9.59 Å². The molecule has 1 saturated heterocycles. The molecule has 1 aliphatic rings. The van der Waals surface area contributed by atoms with Crippen molar-refractivity contribution in [1.29, 1.82) is 0 Å². The molecule has 204 valence electrons. The van der Waals surface area contributed by atoms with Crippen LogP contribution in [0.1, 0.15) is 44.2 Å². The van der Waals surface area contributed by atoms with E-state index in [2.05, 4.69) is 29.5 Å². The lowest BCUT2D eigenvalue weighted by Crippen LogP contribution is -2.56. The van der Waals surface area contributed by atoms with Crippen molar-refractivity contribution in [2.75, 3.05) is 6.54 Å². The van der Waals surface area contributed by atoms with Gasteiger partial charge in [-0.05, 0) is 61.2 Å². The molecular formula is C30H38BN5O2S. The third kappa shape index (κ3) is 7.49. The summed E-state index contributed by atoms with van der Waals surface area (Å²) in [5, 5.41) is 7.38. The lowest BCUT2D eigenvalue weighted by atomic mass is 9.88. The van der Waals surface area contributed by atoms with Gasteiger partial charge in [0, 0.05) is 23.6 Å². The number of H-pyrrole nitrogens is 1. The highest BCUT2D eigenvalue weighted by molar-refractivity contribution is 7.80. The number of carbonyl (C=O) groups excluding carboxylic acids is 2. The Bertz CT molecular complexity index is 1280. The predicted molar refractivity (Wildman–Crippen MR) is 162 cm³/mol. The molecule has 2 amide bonds. The van der Waals surface area contributed by atoms with E-state index in [0.717, 1.165) is 34.9 Å². The first-order valence-electron chi connectivity index (χ1n) is 13.7. The fourth-order valence-corrected chi connectivity index (χ4v) is 5.61. The van der Waals surface area contributed by atoms with Crippen LogP contribution in [-0.4, -0.2) is 65.1 Å². The average molecular weight is 544 g/mol. The molecule has 3 aromatic rings. The lowest BCUT2D eigenvalue weighted by molar-refractivity contribution is -0.139. The molecule has 1 fully saturated rings. The molecule has 39 heavy (non-hydrogen) atoms. The van der Waals surface area contributed by atoms with Crippen LogP contribution in [0.4, 0.5) is 0 Å². The highest BCUT2D eigenvalue weighted by atomic mass is 32.1. The largest absolute Gasteiger partial charge is 0.384 e.